The van der Waals surface area contributed by atoms with E-state index in [4.69, 9.17) is 39.5 Å². The molecule has 3 aromatic carbocycles. The van der Waals surface area contributed by atoms with Crippen molar-refractivity contribution in [2.24, 2.45) is 0 Å². The van der Waals surface area contributed by atoms with Gasteiger partial charge >= 0.3 is 0 Å². The molecule has 0 heterocycles. The van der Waals surface area contributed by atoms with Crippen molar-refractivity contribution in [3.63, 3.8) is 0 Å². The Labute approximate surface area is 183 Å². The van der Waals surface area contributed by atoms with Crippen LogP contribution >= 0.6 is 34.8 Å². The van der Waals surface area contributed by atoms with Crippen LogP contribution in [0.25, 0.3) is 6.08 Å². The fourth-order valence-electron chi connectivity index (χ4n) is 2.60. The molecule has 0 aliphatic carbocycles. The molecule has 0 atom stereocenters. The average molecular weight is 443 g/mol. The molecular weight excluding hydrogens is 429 g/mol. The molecule has 29 heavy (non-hydrogen) atoms. The first-order chi connectivity index (χ1) is 14.0. The fraction of sp³-hybridized carbons (Fsp3) is 0.0435. The van der Waals surface area contributed by atoms with E-state index in [0.29, 0.717) is 31.9 Å². The number of ether oxygens (including phenoxy) is 1. The Morgan fingerprint density at radius 1 is 0.966 bits per heavy atom. The van der Waals surface area contributed by atoms with Gasteiger partial charge in [-0.1, -0.05) is 71.2 Å². The van der Waals surface area contributed by atoms with Crippen molar-refractivity contribution in [1.82, 2.24) is 0 Å². The van der Waals surface area contributed by atoms with E-state index in [1.54, 1.807) is 66.7 Å². The first-order valence-corrected chi connectivity index (χ1v) is 9.69. The SMILES string of the molecule is N#CC(=Cc1cc(Cl)ccc1OCc1ccc(Cl)c(Cl)c1)C(=O)c1ccccc1. The van der Waals surface area contributed by atoms with Crippen molar-refractivity contribution in [1.29, 1.82) is 5.26 Å². The third-order valence-electron chi connectivity index (χ3n) is 4.05. The second-order valence-electron chi connectivity index (χ2n) is 6.08. The maximum absolute atomic E-state index is 12.6. The number of allylic oxidation sites excluding steroid dienone is 1. The number of benzene rings is 3. The summed E-state index contributed by atoms with van der Waals surface area (Å²) in [5.74, 6) is 0.109. The van der Waals surface area contributed by atoms with E-state index in [0.717, 1.165) is 5.56 Å². The molecule has 0 aliphatic heterocycles. The van der Waals surface area contributed by atoms with Crippen molar-refractivity contribution in [3.8, 4) is 11.8 Å². The molecular formula is C23H14Cl3NO2. The molecule has 0 fully saturated rings. The third kappa shape index (κ3) is 5.40. The number of carbonyl (C=O) groups is 1. The first-order valence-electron chi connectivity index (χ1n) is 8.56. The topological polar surface area (TPSA) is 50.1 Å². The Balaban J connectivity index is 1.89. The van der Waals surface area contributed by atoms with E-state index in [1.807, 2.05) is 6.07 Å². The van der Waals surface area contributed by atoms with Crippen LogP contribution in [-0.2, 0) is 6.61 Å². The van der Waals surface area contributed by atoms with Crippen LogP contribution in [-0.4, -0.2) is 5.78 Å². The smallest absolute Gasteiger partial charge is 0.203 e. The molecule has 0 spiro atoms. The van der Waals surface area contributed by atoms with Crippen LogP contribution in [0, 0.1) is 11.3 Å². The molecule has 3 rings (SSSR count). The molecule has 0 bridgehead atoms. The normalized spacial score (nSPS) is 11.0. The van der Waals surface area contributed by atoms with E-state index in [9.17, 15) is 10.1 Å². The standard InChI is InChI=1S/C23H14Cl3NO2/c24-19-7-9-22(29-14-15-6-8-20(25)21(26)10-15)17(12-19)11-18(13-27)23(28)16-4-2-1-3-5-16/h1-12H,14H2. The molecule has 0 aliphatic rings. The van der Waals surface area contributed by atoms with E-state index < -0.39 is 0 Å². The summed E-state index contributed by atoms with van der Waals surface area (Å²) in [5.41, 5.74) is 1.77. The van der Waals surface area contributed by atoms with Crippen LogP contribution in [0.1, 0.15) is 21.5 Å². The summed E-state index contributed by atoms with van der Waals surface area (Å²) in [6.07, 6.45) is 1.48. The quantitative estimate of drug-likeness (QED) is 0.234. The van der Waals surface area contributed by atoms with Gasteiger partial charge in [0.05, 0.1) is 10.0 Å². The largest absolute Gasteiger partial charge is 0.488 e. The van der Waals surface area contributed by atoms with Gasteiger partial charge < -0.3 is 4.74 Å². The summed E-state index contributed by atoms with van der Waals surface area (Å²) in [5, 5.41) is 10.9. The van der Waals surface area contributed by atoms with Crippen LogP contribution in [0.2, 0.25) is 15.1 Å². The minimum absolute atomic E-state index is 0.0159. The molecule has 0 radical (unpaired) electrons. The lowest BCUT2D eigenvalue weighted by Crippen LogP contribution is -2.02. The van der Waals surface area contributed by atoms with E-state index in [-0.39, 0.29) is 18.0 Å². The minimum atomic E-state index is -0.372. The van der Waals surface area contributed by atoms with E-state index in [1.165, 1.54) is 6.08 Å². The number of hydrogen-bond donors (Lipinski definition) is 0. The molecule has 144 valence electrons. The van der Waals surface area contributed by atoms with Gasteiger partial charge in [-0.3, -0.25) is 4.79 Å². The van der Waals surface area contributed by atoms with Gasteiger partial charge in [0.1, 0.15) is 24.0 Å². The first kappa shape index (κ1) is 21.0. The minimum Gasteiger partial charge on any atom is -0.488 e. The lowest BCUT2D eigenvalue weighted by molar-refractivity contribution is 0.104. The van der Waals surface area contributed by atoms with Gasteiger partial charge in [0.25, 0.3) is 0 Å². The lowest BCUT2D eigenvalue weighted by atomic mass is 10.0. The molecule has 0 saturated carbocycles. The second kappa shape index (κ2) is 9.62. The number of Topliss-reactive ketones (excluding diaryl/α,β-unsaturated/α-hetero) is 1. The van der Waals surface area contributed by atoms with Gasteiger partial charge in [-0.05, 0) is 42.0 Å². The summed E-state index contributed by atoms with van der Waals surface area (Å²) >= 11 is 18.1. The van der Waals surface area contributed by atoms with Crippen LogP contribution < -0.4 is 4.74 Å². The Bertz CT molecular complexity index is 1120. The van der Waals surface area contributed by atoms with E-state index in [2.05, 4.69) is 0 Å². The summed E-state index contributed by atoms with van der Waals surface area (Å²) in [4.78, 5) is 12.6. The van der Waals surface area contributed by atoms with Gasteiger partial charge in [-0.25, -0.2) is 0 Å². The molecule has 6 heteroatoms. The van der Waals surface area contributed by atoms with Crippen LogP contribution in [0.15, 0.2) is 72.3 Å². The van der Waals surface area contributed by atoms with Crippen LogP contribution in [0.4, 0.5) is 0 Å². The van der Waals surface area contributed by atoms with E-state index >= 15 is 0 Å². The predicted octanol–water partition coefficient (Wildman–Crippen LogP) is 7.02. The highest BCUT2D eigenvalue weighted by Gasteiger charge is 2.13. The van der Waals surface area contributed by atoms with Crippen molar-refractivity contribution < 1.29 is 9.53 Å². The number of rotatable bonds is 6. The van der Waals surface area contributed by atoms with Crippen molar-refractivity contribution in [2.45, 2.75) is 6.61 Å². The van der Waals surface area contributed by atoms with Gasteiger partial charge in [0.2, 0.25) is 5.78 Å². The molecule has 0 N–H and O–H groups in total. The zero-order valence-corrected chi connectivity index (χ0v) is 17.3. The zero-order chi connectivity index (χ0) is 20.8. The lowest BCUT2D eigenvalue weighted by Gasteiger charge is -2.11. The van der Waals surface area contributed by atoms with Crippen LogP contribution in [0.5, 0.6) is 5.75 Å². The molecule has 3 nitrogen and oxygen atoms in total. The molecule has 0 amide bonds. The number of nitrogens with zero attached hydrogens (tertiary/aromatic N) is 1. The average Bonchev–Trinajstić information content (AvgIpc) is 2.74. The fourth-order valence-corrected chi connectivity index (χ4v) is 3.10. The molecule has 0 unspecified atom stereocenters. The monoisotopic (exact) mass is 441 g/mol. The van der Waals surface area contributed by atoms with Crippen molar-refractivity contribution in [2.75, 3.05) is 0 Å². The van der Waals surface area contributed by atoms with Crippen LogP contribution in [0.3, 0.4) is 0 Å². The number of hydrogen-bond acceptors (Lipinski definition) is 3. The van der Waals surface area contributed by atoms with Crippen molar-refractivity contribution >= 4 is 46.7 Å². The number of ketones is 1. The maximum Gasteiger partial charge on any atom is 0.203 e. The second-order valence-corrected chi connectivity index (χ2v) is 7.34. The number of halogens is 3. The van der Waals surface area contributed by atoms with Gasteiger partial charge in [0, 0.05) is 16.1 Å². The summed E-state index contributed by atoms with van der Waals surface area (Å²) in [6, 6.07) is 20.8. The Morgan fingerprint density at radius 3 is 2.41 bits per heavy atom. The van der Waals surface area contributed by atoms with Crippen molar-refractivity contribution in [3.05, 3.63) is 104 Å². The Kier molecular flexibility index (Phi) is 6.95. The third-order valence-corrected chi connectivity index (χ3v) is 5.03. The maximum atomic E-state index is 12.6. The highest BCUT2D eigenvalue weighted by Crippen LogP contribution is 2.28. The van der Waals surface area contributed by atoms with Gasteiger partial charge in [0.15, 0.2) is 0 Å². The molecule has 0 aromatic heterocycles. The summed E-state index contributed by atoms with van der Waals surface area (Å²) in [7, 11) is 0. The number of carbonyl (C=O) groups excluding carboxylic acids is 1. The predicted molar refractivity (Wildman–Crippen MR) is 117 cm³/mol. The Hall–Kier alpha value is -2.77. The Morgan fingerprint density at radius 2 is 1.72 bits per heavy atom. The zero-order valence-electron chi connectivity index (χ0n) is 15.0. The van der Waals surface area contributed by atoms with Gasteiger partial charge in [-0.2, -0.15) is 5.26 Å². The summed E-state index contributed by atoms with van der Waals surface area (Å²) in [6.45, 7) is 0.230. The number of nitriles is 1. The highest BCUT2D eigenvalue weighted by atomic mass is 35.5. The molecule has 0 saturated heterocycles. The highest BCUT2D eigenvalue weighted by molar-refractivity contribution is 6.42. The summed E-state index contributed by atoms with van der Waals surface area (Å²) < 4.78 is 5.88. The molecule has 3 aromatic rings. The van der Waals surface area contributed by atoms with Gasteiger partial charge in [-0.15, -0.1) is 0 Å².